The molecule has 0 aromatic heterocycles. The quantitative estimate of drug-likeness (QED) is 0.0719. The first-order valence-electron chi connectivity index (χ1n) is 22.1. The summed E-state index contributed by atoms with van der Waals surface area (Å²) < 4.78 is 13.7. The van der Waals surface area contributed by atoms with Crippen molar-refractivity contribution in [1.82, 2.24) is 0 Å². The Morgan fingerprint density at radius 3 is 1.05 bits per heavy atom. The summed E-state index contributed by atoms with van der Waals surface area (Å²) in [4.78, 5) is 4.83. The Bertz CT molecular complexity index is 2490. The molecule has 0 N–H and O–H groups in total. The smallest absolute Gasteiger partial charge is 0.129 e. The van der Waals surface area contributed by atoms with E-state index in [1.807, 2.05) is 0 Å². The average molecular weight is 793 g/mol. The molecule has 0 radical (unpaired) electrons. The minimum Gasteiger partial charge on any atom is -0.493 e. The molecule has 0 saturated heterocycles. The number of hydrogen-bond acceptors (Lipinski definition) is 4. The van der Waals surface area contributed by atoms with E-state index in [4.69, 9.17) is 9.47 Å². The minimum atomic E-state index is 0.440. The highest BCUT2D eigenvalue weighted by Crippen LogP contribution is 2.52. The maximum absolute atomic E-state index is 6.84. The third kappa shape index (κ3) is 8.00. The molecule has 8 aromatic rings. The molecule has 0 aliphatic heterocycles. The number of benzene rings is 8. The monoisotopic (exact) mass is 792 g/mol. The topological polar surface area (TPSA) is 24.9 Å². The molecule has 8 rings (SSSR count). The Balaban J connectivity index is 1.47. The second kappa shape index (κ2) is 17.7. The van der Waals surface area contributed by atoms with E-state index in [0.29, 0.717) is 25.0 Å². The van der Waals surface area contributed by atoms with Gasteiger partial charge in [0.1, 0.15) is 11.5 Å². The van der Waals surface area contributed by atoms with Crippen molar-refractivity contribution in [3.8, 4) is 11.5 Å². The van der Waals surface area contributed by atoms with Crippen molar-refractivity contribution in [2.24, 2.45) is 0 Å². The lowest BCUT2D eigenvalue weighted by molar-refractivity contribution is 0.313. The van der Waals surface area contributed by atoms with Crippen molar-refractivity contribution >= 4 is 66.4 Å². The van der Waals surface area contributed by atoms with Crippen molar-refractivity contribution in [2.45, 2.75) is 92.9 Å². The molecule has 0 aliphatic rings. The van der Waals surface area contributed by atoms with Crippen molar-refractivity contribution in [3.05, 3.63) is 156 Å². The van der Waals surface area contributed by atoms with Gasteiger partial charge in [0, 0.05) is 67.2 Å². The molecule has 0 fully saturated rings. The molecule has 0 bridgehead atoms. The van der Waals surface area contributed by atoms with Gasteiger partial charge in [-0.25, -0.2) is 0 Å². The molecule has 0 saturated carbocycles. The van der Waals surface area contributed by atoms with E-state index < -0.39 is 0 Å². The molecule has 0 aliphatic carbocycles. The first-order valence-corrected chi connectivity index (χ1v) is 22.1. The van der Waals surface area contributed by atoms with Gasteiger partial charge in [-0.05, 0) is 110 Å². The lowest BCUT2D eigenvalue weighted by Gasteiger charge is -2.31. The van der Waals surface area contributed by atoms with Crippen molar-refractivity contribution in [3.63, 3.8) is 0 Å². The highest BCUT2D eigenvalue weighted by Gasteiger charge is 2.26. The summed E-state index contributed by atoms with van der Waals surface area (Å²) in [7, 11) is 0. The van der Waals surface area contributed by atoms with E-state index in [1.165, 1.54) is 43.8 Å². The summed E-state index contributed by atoms with van der Waals surface area (Å²) in [5, 5.41) is 6.93. The number of nitrogens with zero attached hydrogens (tertiary/aromatic N) is 2. The summed E-state index contributed by atoms with van der Waals surface area (Å²) in [6, 6.07) is 49.7. The van der Waals surface area contributed by atoms with Crippen LogP contribution in [0.4, 0.5) is 34.1 Å². The second-order valence-corrected chi connectivity index (χ2v) is 17.1. The highest BCUT2D eigenvalue weighted by molar-refractivity contribution is 6.30. The molecular weight excluding hydrogens is 733 g/mol. The minimum absolute atomic E-state index is 0.440. The van der Waals surface area contributed by atoms with E-state index >= 15 is 0 Å². The van der Waals surface area contributed by atoms with Crippen LogP contribution in [-0.2, 0) is 0 Å². The van der Waals surface area contributed by atoms with Gasteiger partial charge in [0.05, 0.1) is 24.6 Å². The molecule has 0 amide bonds. The van der Waals surface area contributed by atoms with Crippen LogP contribution < -0.4 is 19.3 Å². The number of hydrogen-bond donors (Lipinski definition) is 0. The van der Waals surface area contributed by atoms with E-state index in [9.17, 15) is 0 Å². The normalized spacial score (nSPS) is 11.7. The summed E-state index contributed by atoms with van der Waals surface area (Å²) in [6.07, 6.45) is 4.09. The fourth-order valence-electron chi connectivity index (χ4n) is 8.41. The first-order chi connectivity index (χ1) is 29.2. The van der Waals surface area contributed by atoms with Crippen molar-refractivity contribution in [1.29, 1.82) is 0 Å². The Hall–Kier alpha value is -6.00. The van der Waals surface area contributed by atoms with Crippen molar-refractivity contribution in [2.75, 3.05) is 23.0 Å². The van der Waals surface area contributed by atoms with Gasteiger partial charge in [0.2, 0.25) is 0 Å². The van der Waals surface area contributed by atoms with Crippen LogP contribution in [0.15, 0.2) is 133 Å². The molecule has 0 spiro atoms. The molecule has 8 aromatic carbocycles. The second-order valence-electron chi connectivity index (χ2n) is 17.1. The van der Waals surface area contributed by atoms with Crippen LogP contribution in [0.1, 0.15) is 101 Å². The van der Waals surface area contributed by atoms with Crippen LogP contribution in [0, 0.1) is 13.8 Å². The van der Waals surface area contributed by atoms with Crippen LogP contribution in [0.3, 0.4) is 0 Å². The number of anilines is 6. The predicted molar refractivity (Wildman–Crippen MR) is 258 cm³/mol. The van der Waals surface area contributed by atoms with Gasteiger partial charge in [-0.1, -0.05) is 126 Å². The van der Waals surface area contributed by atoms with Gasteiger partial charge < -0.3 is 19.3 Å². The van der Waals surface area contributed by atoms with E-state index in [1.54, 1.807) is 0 Å². The zero-order chi connectivity index (χ0) is 41.9. The Kier molecular flexibility index (Phi) is 12.0. The third-order valence-electron chi connectivity index (χ3n) is 12.0. The Morgan fingerprint density at radius 1 is 0.417 bits per heavy atom. The van der Waals surface area contributed by atoms with E-state index in [0.717, 1.165) is 82.1 Å². The lowest BCUT2D eigenvalue weighted by atomic mass is 9.90. The van der Waals surface area contributed by atoms with Crippen LogP contribution in [0.25, 0.3) is 32.3 Å². The van der Waals surface area contributed by atoms with Crippen LogP contribution in [0.5, 0.6) is 11.5 Å². The third-order valence-corrected chi connectivity index (χ3v) is 12.0. The largest absolute Gasteiger partial charge is 0.493 e. The van der Waals surface area contributed by atoms with E-state index in [2.05, 4.69) is 199 Å². The zero-order valence-electron chi connectivity index (χ0n) is 36.8. The summed E-state index contributed by atoms with van der Waals surface area (Å²) in [5.74, 6) is 2.68. The first kappa shape index (κ1) is 40.8. The number of rotatable bonds is 16. The number of unbranched alkanes of at least 4 members (excludes halogenated alkanes) is 2. The maximum atomic E-state index is 6.84. The van der Waals surface area contributed by atoms with Crippen LogP contribution in [0.2, 0.25) is 0 Å². The number of ether oxygens (including phenoxy) is 2. The highest BCUT2D eigenvalue weighted by atomic mass is 16.5. The van der Waals surface area contributed by atoms with Crippen LogP contribution in [-0.4, -0.2) is 13.2 Å². The van der Waals surface area contributed by atoms with Gasteiger partial charge in [0.25, 0.3) is 0 Å². The van der Waals surface area contributed by atoms with Gasteiger partial charge in [-0.15, -0.1) is 0 Å². The fourth-order valence-corrected chi connectivity index (χ4v) is 8.41. The van der Waals surface area contributed by atoms with E-state index in [-0.39, 0.29) is 0 Å². The summed E-state index contributed by atoms with van der Waals surface area (Å²) >= 11 is 0. The zero-order valence-corrected chi connectivity index (χ0v) is 36.8. The Morgan fingerprint density at radius 2 is 0.733 bits per heavy atom. The van der Waals surface area contributed by atoms with Gasteiger partial charge in [-0.3, -0.25) is 0 Å². The molecule has 60 heavy (non-hydrogen) atoms. The van der Waals surface area contributed by atoms with Gasteiger partial charge >= 0.3 is 0 Å². The number of aryl methyl sites for hydroxylation is 2. The molecule has 0 atom stereocenters. The predicted octanol–water partition coefficient (Wildman–Crippen LogP) is 16.7. The SMILES string of the molecule is CCCCOc1cc(N(c2ccc(C)cc2)c2ccc(C(C)C)cc2)c2ccc3c(OCCCC)cc(N(c4ccc(C)cc4)c4ccc(C(C)C)cc4)c4ccc1c2c34. The van der Waals surface area contributed by atoms with Crippen LogP contribution >= 0.6 is 0 Å². The maximum Gasteiger partial charge on any atom is 0.129 e. The summed E-state index contributed by atoms with van der Waals surface area (Å²) in [6.45, 7) is 19.1. The van der Waals surface area contributed by atoms with Crippen molar-refractivity contribution < 1.29 is 9.47 Å². The molecule has 306 valence electrons. The molecule has 0 heterocycles. The molecule has 4 heteroatoms. The van der Waals surface area contributed by atoms with Gasteiger partial charge in [0.15, 0.2) is 0 Å². The molecule has 4 nitrogen and oxygen atoms in total. The summed E-state index contributed by atoms with van der Waals surface area (Å²) in [5.41, 5.74) is 11.7. The standard InChI is InChI=1S/C56H60N2O2/c1-9-11-33-59-53-35-51(57(43-21-13-39(7)14-22-43)45-25-17-41(18-26-45)37(3)4)47-30-32-50-54(60-34-12-10-2)36-52(48-29-31-49(53)55(47)56(48)50)58(44-23-15-40(8)16-24-44)46-27-19-42(20-28-46)38(5)6/h13-32,35-38H,9-12,33-34H2,1-8H3. The lowest BCUT2D eigenvalue weighted by Crippen LogP contribution is -2.13. The van der Waals surface area contributed by atoms with Gasteiger partial charge in [-0.2, -0.15) is 0 Å². The molecular formula is C56H60N2O2. The fraction of sp³-hybridized carbons (Fsp3) is 0.286. The Labute approximate surface area is 357 Å². The molecule has 0 unspecified atom stereocenters. The average Bonchev–Trinajstić information content (AvgIpc) is 3.26.